The summed E-state index contributed by atoms with van der Waals surface area (Å²) in [6.07, 6.45) is 2.21. The highest BCUT2D eigenvalue weighted by atomic mass is 35.5. The molecular weight excluding hydrogens is 292 g/mol. The largest absolute Gasteiger partial charge is 0.393 e. The van der Waals surface area contributed by atoms with Crippen molar-refractivity contribution in [3.05, 3.63) is 47.2 Å². The Hall–Kier alpha value is -1.98. The third kappa shape index (κ3) is 2.37. The van der Waals surface area contributed by atoms with E-state index in [0.717, 1.165) is 27.9 Å². The van der Waals surface area contributed by atoms with E-state index in [1.807, 2.05) is 24.3 Å². The summed E-state index contributed by atoms with van der Waals surface area (Å²) in [5.74, 6) is 0. The molecule has 20 heavy (non-hydrogen) atoms. The summed E-state index contributed by atoms with van der Waals surface area (Å²) < 4.78 is 0. The highest BCUT2D eigenvalue weighted by Gasteiger charge is 2.10. The van der Waals surface area contributed by atoms with Crippen LogP contribution in [0.15, 0.2) is 36.5 Å². The molecule has 0 bridgehead atoms. The van der Waals surface area contributed by atoms with Crippen LogP contribution in [0.4, 0.5) is 0 Å². The lowest BCUT2D eigenvalue weighted by Gasteiger charge is -2.03. The number of nitrogens with zero attached hydrogens (tertiary/aromatic N) is 2. The minimum atomic E-state index is 0.428. The van der Waals surface area contributed by atoms with E-state index in [-0.39, 0.29) is 0 Å². The highest BCUT2D eigenvalue weighted by Crippen LogP contribution is 2.28. The summed E-state index contributed by atoms with van der Waals surface area (Å²) >= 11 is 11.1. The number of fused-ring (bicyclic) bond motifs is 1. The molecule has 0 fully saturated rings. The first-order chi connectivity index (χ1) is 9.65. The molecule has 1 aromatic carbocycles. The van der Waals surface area contributed by atoms with Gasteiger partial charge >= 0.3 is 0 Å². The normalized spacial score (nSPS) is 10.8. The van der Waals surface area contributed by atoms with Gasteiger partial charge in [0.15, 0.2) is 0 Å². The number of thiocarbonyl (C=S) groups is 1. The molecule has 4 nitrogen and oxygen atoms in total. The van der Waals surface area contributed by atoms with Crippen molar-refractivity contribution in [2.75, 3.05) is 0 Å². The molecule has 3 rings (SSSR count). The smallest absolute Gasteiger partial charge is 0.0924 e. The van der Waals surface area contributed by atoms with Crippen molar-refractivity contribution in [2.24, 2.45) is 5.73 Å². The van der Waals surface area contributed by atoms with Gasteiger partial charge in [0.2, 0.25) is 0 Å². The molecular formula is C14H11ClN4S. The molecule has 2 heterocycles. The number of nitrogens with one attached hydrogen (secondary N) is 1. The zero-order valence-corrected chi connectivity index (χ0v) is 12.0. The Morgan fingerprint density at radius 2 is 2.20 bits per heavy atom. The Kier molecular flexibility index (Phi) is 3.38. The lowest BCUT2D eigenvalue weighted by Crippen LogP contribution is -2.11. The van der Waals surface area contributed by atoms with Crippen molar-refractivity contribution in [1.82, 2.24) is 15.2 Å². The standard InChI is InChI=1S/C14H11ClN4S/c15-10-2-1-5-17-14(10)8-3-4-11-9(6-8)12(19-18-11)7-13(16)20/h1-6H,7H2,(H2,16,20)(H,18,19). The Labute approximate surface area is 126 Å². The van der Waals surface area contributed by atoms with E-state index in [1.54, 1.807) is 12.3 Å². The number of nitrogens with two attached hydrogens (primary N) is 1. The molecule has 0 aliphatic rings. The molecule has 0 aliphatic carbocycles. The predicted octanol–water partition coefficient (Wildman–Crippen LogP) is 3.11. The molecule has 0 spiro atoms. The zero-order valence-electron chi connectivity index (χ0n) is 10.4. The predicted molar refractivity (Wildman–Crippen MR) is 84.8 cm³/mol. The third-order valence-corrected chi connectivity index (χ3v) is 3.47. The van der Waals surface area contributed by atoms with Gasteiger partial charge in [0.1, 0.15) is 0 Å². The third-order valence-electron chi connectivity index (χ3n) is 3.02. The number of rotatable bonds is 3. The fraction of sp³-hybridized carbons (Fsp3) is 0.0714. The number of H-pyrrole nitrogens is 1. The van der Waals surface area contributed by atoms with E-state index < -0.39 is 0 Å². The average Bonchev–Trinajstić information content (AvgIpc) is 2.81. The van der Waals surface area contributed by atoms with Gasteiger partial charge in [0.05, 0.1) is 21.2 Å². The number of hydrogen-bond acceptors (Lipinski definition) is 3. The van der Waals surface area contributed by atoms with Crippen LogP contribution in [0, 0.1) is 0 Å². The van der Waals surface area contributed by atoms with E-state index in [4.69, 9.17) is 29.6 Å². The summed E-state index contributed by atoms with van der Waals surface area (Å²) in [5, 5.41) is 8.80. The van der Waals surface area contributed by atoms with Gasteiger partial charge in [0.25, 0.3) is 0 Å². The Morgan fingerprint density at radius 3 is 2.95 bits per heavy atom. The number of hydrogen-bond donors (Lipinski definition) is 2. The van der Waals surface area contributed by atoms with Crippen molar-refractivity contribution in [3.63, 3.8) is 0 Å². The Balaban J connectivity index is 2.14. The number of aromatic amines is 1. The van der Waals surface area contributed by atoms with Gasteiger partial charge in [-0.1, -0.05) is 29.9 Å². The van der Waals surface area contributed by atoms with Gasteiger partial charge in [-0.3, -0.25) is 10.1 Å². The molecule has 0 unspecified atom stereocenters. The molecule has 3 N–H and O–H groups in total. The van der Waals surface area contributed by atoms with Crippen molar-refractivity contribution >= 4 is 39.7 Å². The van der Waals surface area contributed by atoms with E-state index in [9.17, 15) is 0 Å². The van der Waals surface area contributed by atoms with E-state index in [2.05, 4.69) is 15.2 Å². The summed E-state index contributed by atoms with van der Waals surface area (Å²) in [6, 6.07) is 9.50. The van der Waals surface area contributed by atoms with Crippen molar-refractivity contribution < 1.29 is 0 Å². The minimum Gasteiger partial charge on any atom is -0.393 e. The van der Waals surface area contributed by atoms with Crippen LogP contribution in [0.1, 0.15) is 5.69 Å². The van der Waals surface area contributed by atoms with Gasteiger partial charge < -0.3 is 5.73 Å². The minimum absolute atomic E-state index is 0.428. The van der Waals surface area contributed by atoms with Crippen LogP contribution in [0.25, 0.3) is 22.2 Å². The van der Waals surface area contributed by atoms with Gasteiger partial charge in [-0.2, -0.15) is 5.10 Å². The second-order valence-electron chi connectivity index (χ2n) is 4.41. The van der Waals surface area contributed by atoms with Crippen molar-refractivity contribution in [2.45, 2.75) is 6.42 Å². The Bertz CT molecular complexity index is 797. The summed E-state index contributed by atoms with van der Waals surface area (Å²) in [7, 11) is 0. The van der Waals surface area contributed by atoms with Crippen LogP contribution in [-0.2, 0) is 6.42 Å². The topological polar surface area (TPSA) is 67.6 Å². The zero-order chi connectivity index (χ0) is 14.1. The van der Waals surface area contributed by atoms with E-state index >= 15 is 0 Å². The number of pyridine rings is 1. The summed E-state index contributed by atoms with van der Waals surface area (Å²) in [6.45, 7) is 0. The first kappa shape index (κ1) is 13.0. The summed E-state index contributed by atoms with van der Waals surface area (Å²) in [4.78, 5) is 4.74. The monoisotopic (exact) mass is 302 g/mol. The fourth-order valence-electron chi connectivity index (χ4n) is 2.12. The van der Waals surface area contributed by atoms with Crippen LogP contribution >= 0.6 is 23.8 Å². The summed E-state index contributed by atoms with van der Waals surface area (Å²) in [5.41, 5.74) is 9.06. The number of aromatic nitrogens is 3. The lowest BCUT2D eigenvalue weighted by molar-refractivity contribution is 1.04. The second-order valence-corrected chi connectivity index (χ2v) is 5.34. The van der Waals surface area contributed by atoms with E-state index in [0.29, 0.717) is 16.4 Å². The van der Waals surface area contributed by atoms with Crippen LogP contribution < -0.4 is 5.73 Å². The molecule has 0 aliphatic heterocycles. The molecule has 6 heteroatoms. The quantitative estimate of drug-likeness (QED) is 0.730. The molecule has 3 aromatic rings. The maximum atomic E-state index is 6.18. The lowest BCUT2D eigenvalue weighted by atomic mass is 10.1. The maximum Gasteiger partial charge on any atom is 0.0924 e. The van der Waals surface area contributed by atoms with Gasteiger partial charge in [-0.25, -0.2) is 0 Å². The van der Waals surface area contributed by atoms with Gasteiger partial charge in [0, 0.05) is 29.3 Å². The van der Waals surface area contributed by atoms with Crippen LogP contribution in [0.5, 0.6) is 0 Å². The van der Waals surface area contributed by atoms with Crippen LogP contribution in [0.3, 0.4) is 0 Å². The van der Waals surface area contributed by atoms with Crippen molar-refractivity contribution in [1.29, 1.82) is 0 Å². The first-order valence-electron chi connectivity index (χ1n) is 6.01. The first-order valence-corrected chi connectivity index (χ1v) is 6.80. The number of benzene rings is 1. The Morgan fingerprint density at radius 1 is 1.35 bits per heavy atom. The van der Waals surface area contributed by atoms with E-state index in [1.165, 1.54) is 0 Å². The van der Waals surface area contributed by atoms with Gasteiger partial charge in [-0.05, 0) is 24.3 Å². The molecule has 0 amide bonds. The van der Waals surface area contributed by atoms with Crippen molar-refractivity contribution in [3.8, 4) is 11.3 Å². The van der Waals surface area contributed by atoms with Crippen LogP contribution in [0.2, 0.25) is 5.02 Å². The highest BCUT2D eigenvalue weighted by molar-refractivity contribution is 7.80. The number of halogens is 1. The molecule has 0 atom stereocenters. The van der Waals surface area contributed by atoms with Crippen LogP contribution in [-0.4, -0.2) is 20.2 Å². The SMILES string of the molecule is NC(=S)Cc1[nH]nc2ccc(-c3ncccc3Cl)cc12. The molecule has 0 radical (unpaired) electrons. The molecule has 2 aromatic heterocycles. The molecule has 0 saturated carbocycles. The van der Waals surface area contributed by atoms with Gasteiger partial charge in [-0.15, -0.1) is 0 Å². The average molecular weight is 303 g/mol. The maximum absolute atomic E-state index is 6.18. The second kappa shape index (κ2) is 5.19. The molecule has 0 saturated heterocycles. The molecule has 100 valence electrons. The fourth-order valence-corrected chi connectivity index (χ4v) is 2.49.